The molecule has 0 aromatic heterocycles. The van der Waals surface area contributed by atoms with Gasteiger partial charge in [-0.05, 0) is 93.0 Å². The molecule has 0 saturated heterocycles. The van der Waals surface area contributed by atoms with E-state index in [0.29, 0.717) is 96.9 Å². The van der Waals surface area contributed by atoms with Gasteiger partial charge in [-0.2, -0.15) is 0 Å². The highest BCUT2D eigenvalue weighted by atomic mass is 16.3. The number of fused-ring (bicyclic) bond motifs is 8. The van der Waals surface area contributed by atoms with Crippen molar-refractivity contribution in [2.24, 2.45) is 0 Å². The highest BCUT2D eigenvalue weighted by molar-refractivity contribution is 5.68. The lowest BCUT2D eigenvalue weighted by Gasteiger charge is -2.30. The lowest BCUT2D eigenvalue weighted by Crippen LogP contribution is -2.23. The van der Waals surface area contributed by atoms with Gasteiger partial charge in [0.05, 0.1) is 0 Å². The Balaban J connectivity index is 1.05. The van der Waals surface area contributed by atoms with Crippen molar-refractivity contribution >= 4 is 22.7 Å². The highest BCUT2D eigenvalue weighted by Gasteiger charge is 2.26. The number of anilines is 4. The summed E-state index contributed by atoms with van der Waals surface area (Å²) in [4.78, 5) is 9.42. The molecule has 4 N–H and O–H groups in total. The molecular weight excluding hydrogens is 1130 g/mol. The first-order valence-electron chi connectivity index (χ1n) is 31.9. The molecule has 0 atom stereocenters. The quantitative estimate of drug-likeness (QED) is 0.0600. The minimum atomic E-state index is 0.0956. The van der Waals surface area contributed by atoms with Gasteiger partial charge in [-0.25, -0.2) is 0 Å². The molecule has 0 unspecified atom stereocenters. The van der Waals surface area contributed by atoms with Gasteiger partial charge in [0.15, 0.2) is 0 Å². The van der Waals surface area contributed by atoms with Crippen molar-refractivity contribution in [1.82, 2.24) is 0 Å². The minimum Gasteiger partial charge on any atom is -0.507 e. The number of benzene rings is 12. The second kappa shape index (κ2) is 28.3. The van der Waals surface area contributed by atoms with Crippen LogP contribution in [-0.2, 0) is 78.0 Å². The number of phenolic OH excluding ortho intramolecular Hbond substituents is 4. The minimum absolute atomic E-state index is 0.0956. The molecule has 0 fully saturated rings. The van der Waals surface area contributed by atoms with Crippen LogP contribution in [0.25, 0.3) is 0 Å². The summed E-state index contributed by atoms with van der Waals surface area (Å²) in [7, 11) is 0. The summed E-state index contributed by atoms with van der Waals surface area (Å²) >= 11 is 0. The van der Waals surface area contributed by atoms with E-state index in [1.807, 2.05) is 48.5 Å². The van der Waals surface area contributed by atoms with E-state index in [0.717, 1.165) is 67.3 Å². The summed E-state index contributed by atoms with van der Waals surface area (Å²) in [6.45, 7) is 4.62. The van der Waals surface area contributed by atoms with E-state index in [-0.39, 0.29) is 48.7 Å². The topological polar surface area (TPSA) is 93.9 Å². The molecule has 1 aliphatic carbocycles. The zero-order chi connectivity index (χ0) is 62.6. The van der Waals surface area contributed by atoms with Gasteiger partial charge in [0.1, 0.15) is 23.0 Å². The molecule has 0 amide bonds. The molecule has 12 aromatic carbocycles. The van der Waals surface area contributed by atoms with E-state index in [4.69, 9.17) is 0 Å². The van der Waals surface area contributed by atoms with Crippen molar-refractivity contribution in [1.29, 1.82) is 0 Å². The predicted molar refractivity (Wildman–Crippen MR) is 375 cm³/mol. The molecule has 0 saturated carbocycles. The van der Waals surface area contributed by atoms with Crippen molar-refractivity contribution in [2.45, 2.75) is 78.0 Å². The van der Waals surface area contributed by atoms with Crippen LogP contribution in [0.4, 0.5) is 22.7 Å². The first-order chi connectivity index (χ1) is 45.2. The van der Waals surface area contributed by atoms with Gasteiger partial charge in [0.25, 0.3) is 0 Å². The number of hydrogen-bond acceptors (Lipinski definition) is 8. The van der Waals surface area contributed by atoms with Crippen LogP contribution in [0.15, 0.2) is 291 Å². The van der Waals surface area contributed by atoms with Crippen LogP contribution < -0.4 is 19.6 Å². The summed E-state index contributed by atoms with van der Waals surface area (Å²) in [6.07, 6.45) is 0.638. The second-order valence-electron chi connectivity index (χ2n) is 24.5. The molecule has 13 rings (SSSR count). The number of rotatable bonds is 20. The lowest BCUT2D eigenvalue weighted by atomic mass is 9.89. The first kappa shape index (κ1) is 60.0. The maximum absolute atomic E-state index is 13.2. The smallest absolute Gasteiger partial charge is 0.122 e. The van der Waals surface area contributed by atoms with Gasteiger partial charge >= 0.3 is 0 Å². The fourth-order valence-electron chi connectivity index (χ4n) is 13.0. The summed E-state index contributed by atoms with van der Waals surface area (Å²) in [5.41, 5.74) is 17.6. The molecule has 92 heavy (non-hydrogen) atoms. The van der Waals surface area contributed by atoms with Gasteiger partial charge in [-0.1, -0.05) is 243 Å². The van der Waals surface area contributed by atoms with Gasteiger partial charge in [-0.3, -0.25) is 0 Å². The molecule has 1 aliphatic rings. The molecule has 0 radical (unpaired) electrons. The Morgan fingerprint density at radius 1 is 0.185 bits per heavy atom. The lowest BCUT2D eigenvalue weighted by molar-refractivity contribution is 0.450. The van der Waals surface area contributed by atoms with Gasteiger partial charge in [0.2, 0.25) is 0 Å². The van der Waals surface area contributed by atoms with E-state index in [9.17, 15) is 20.4 Å². The normalized spacial score (nSPS) is 11.8. The van der Waals surface area contributed by atoms with Crippen LogP contribution in [0.1, 0.15) is 89.0 Å². The van der Waals surface area contributed by atoms with Gasteiger partial charge in [-0.15, -0.1) is 0 Å². The number of aromatic hydroxyl groups is 4. The third kappa shape index (κ3) is 14.7. The predicted octanol–water partition coefficient (Wildman–Crippen LogP) is 18.0. The van der Waals surface area contributed by atoms with Crippen LogP contribution >= 0.6 is 0 Å². The number of hydrogen-bond donors (Lipinski definition) is 4. The highest BCUT2D eigenvalue weighted by Crippen LogP contribution is 2.44. The molecule has 0 heterocycles. The molecule has 8 heteroatoms. The summed E-state index contributed by atoms with van der Waals surface area (Å²) in [6, 6.07) is 100. The average molecular weight is 1210 g/mol. The number of nitrogens with zero attached hydrogens (tertiary/aromatic N) is 4. The molecule has 0 spiro atoms. The Morgan fingerprint density at radius 2 is 0.304 bits per heavy atom. The maximum Gasteiger partial charge on any atom is 0.122 e. The SMILES string of the molecule is Oc1c2cc(N(Cc3ccccc3)Cc3ccccc3)cc1Cc1cc(N(Cc3ccccc3)Cc3ccccc3)cc(c1O)Cc1cc(N(Cc3ccccc3)Cc3ccccc3)cc(c1O)Cc1cc(N(Cc3ccccc3)Cc3ccccc3)cc(c1O)C2. The molecule has 456 valence electrons. The van der Waals surface area contributed by atoms with Crippen molar-refractivity contribution < 1.29 is 20.4 Å². The molecule has 0 aliphatic heterocycles. The van der Waals surface area contributed by atoms with Crippen LogP contribution in [0.2, 0.25) is 0 Å². The van der Waals surface area contributed by atoms with Crippen molar-refractivity contribution in [2.75, 3.05) is 19.6 Å². The van der Waals surface area contributed by atoms with Crippen LogP contribution in [-0.4, -0.2) is 20.4 Å². The Kier molecular flexibility index (Phi) is 18.4. The maximum atomic E-state index is 13.2. The standard InChI is InChI=1S/C84H76N4O4/c89-81-69-41-71-47-78(86(55-63-29-13-3-14-30-63)56-64-31-15-4-16-32-64)49-73(82(71)90)43-75-51-80(88(59-67-37-21-7-22-38-67)60-68-39-23-8-24-40-68)52-76(84(75)92)44-74-50-79(87(57-65-33-17-5-18-34-65)58-66-35-19-6-20-36-66)48-72(83(74)91)42-70(81)46-77(45-69)85(53-61-25-9-1-10-26-61)54-62-27-11-2-12-28-62/h1-40,45-52,89-92H,41-44,53-60H2. The summed E-state index contributed by atoms with van der Waals surface area (Å²) < 4.78 is 0. The zero-order valence-electron chi connectivity index (χ0n) is 51.8. The van der Waals surface area contributed by atoms with Gasteiger partial charge < -0.3 is 40.0 Å². The Bertz CT molecular complexity index is 3560. The van der Waals surface area contributed by atoms with E-state index in [2.05, 4.69) is 262 Å². The Hall–Kier alpha value is -11.0. The van der Waals surface area contributed by atoms with Crippen molar-refractivity contribution in [3.63, 3.8) is 0 Å². The van der Waals surface area contributed by atoms with Crippen LogP contribution in [0.5, 0.6) is 23.0 Å². The summed E-state index contributed by atoms with van der Waals surface area (Å²) in [5.74, 6) is 0.382. The largest absolute Gasteiger partial charge is 0.507 e. The molecular formula is C84H76N4O4. The molecule has 8 bridgehead atoms. The van der Waals surface area contributed by atoms with Crippen LogP contribution in [0.3, 0.4) is 0 Å². The van der Waals surface area contributed by atoms with Crippen molar-refractivity contribution in [3.05, 3.63) is 380 Å². The van der Waals surface area contributed by atoms with E-state index >= 15 is 0 Å². The fourth-order valence-corrected chi connectivity index (χ4v) is 13.0. The molecule has 8 nitrogen and oxygen atoms in total. The second-order valence-corrected chi connectivity index (χ2v) is 24.5. The number of phenols is 4. The van der Waals surface area contributed by atoms with E-state index in [1.54, 1.807) is 0 Å². The first-order valence-corrected chi connectivity index (χ1v) is 31.9. The monoisotopic (exact) mass is 1200 g/mol. The Morgan fingerprint density at radius 3 is 0.424 bits per heavy atom. The van der Waals surface area contributed by atoms with E-state index < -0.39 is 0 Å². The Labute approximate surface area is 541 Å². The molecule has 12 aromatic rings. The summed E-state index contributed by atoms with van der Waals surface area (Å²) in [5, 5.41) is 52.9. The van der Waals surface area contributed by atoms with E-state index in [1.165, 1.54) is 0 Å². The van der Waals surface area contributed by atoms with Crippen LogP contribution in [0, 0.1) is 0 Å². The fraction of sp³-hybridized carbons (Fsp3) is 0.143. The third-order valence-electron chi connectivity index (χ3n) is 17.7. The van der Waals surface area contributed by atoms with Gasteiger partial charge in [0, 0.05) is 145 Å². The van der Waals surface area contributed by atoms with Crippen molar-refractivity contribution in [3.8, 4) is 23.0 Å². The zero-order valence-corrected chi connectivity index (χ0v) is 51.8. The average Bonchev–Trinajstić information content (AvgIpc) is 0.974. The third-order valence-corrected chi connectivity index (χ3v) is 17.7.